The van der Waals surface area contributed by atoms with Crippen molar-refractivity contribution >= 4 is 0 Å². The average Bonchev–Trinajstić information content (AvgIpc) is 2.96. The molecule has 2 atom stereocenters. The number of hydrogen-bond donors (Lipinski definition) is 1. The van der Waals surface area contributed by atoms with Crippen molar-refractivity contribution in [3.05, 3.63) is 34.9 Å². The Morgan fingerprint density at radius 2 is 2.00 bits per heavy atom. The predicted octanol–water partition coefficient (Wildman–Crippen LogP) is 2.19. The summed E-state index contributed by atoms with van der Waals surface area (Å²) in [4.78, 5) is 0. The van der Waals surface area contributed by atoms with Crippen molar-refractivity contribution in [2.45, 2.75) is 45.2 Å². The first-order valence-corrected chi connectivity index (χ1v) is 7.33. The Morgan fingerprint density at radius 3 is 2.70 bits per heavy atom. The normalized spacial score (nSPS) is 19.9. The molecule has 0 saturated carbocycles. The largest absolute Gasteiger partial charge is 0.303 e. The van der Waals surface area contributed by atoms with E-state index in [2.05, 4.69) is 29.4 Å². The lowest BCUT2D eigenvalue weighted by atomic mass is 9.92. The van der Waals surface area contributed by atoms with Gasteiger partial charge >= 0.3 is 0 Å². The van der Waals surface area contributed by atoms with Crippen LogP contribution in [0.25, 0.3) is 0 Å². The molecule has 0 aromatic carbocycles. The molecule has 0 fully saturated rings. The van der Waals surface area contributed by atoms with Crippen LogP contribution in [0.5, 0.6) is 0 Å². The highest BCUT2D eigenvalue weighted by Crippen LogP contribution is 2.31. The monoisotopic (exact) mass is 273 g/mol. The lowest BCUT2D eigenvalue weighted by Crippen LogP contribution is -2.28. The van der Waals surface area contributed by atoms with Gasteiger partial charge in [-0.1, -0.05) is 0 Å². The van der Waals surface area contributed by atoms with E-state index in [1.807, 2.05) is 35.9 Å². The number of hydrogen-bond acceptors (Lipinski definition) is 3. The minimum absolute atomic E-state index is 0.305. The minimum Gasteiger partial charge on any atom is -0.303 e. The van der Waals surface area contributed by atoms with E-state index in [-0.39, 0.29) is 0 Å². The van der Waals surface area contributed by atoms with Crippen LogP contribution in [-0.2, 0) is 20.5 Å². The number of fused-ring (bicyclic) bond motifs is 1. The average molecular weight is 273 g/mol. The van der Waals surface area contributed by atoms with Gasteiger partial charge in [0.05, 0.1) is 12.4 Å². The standard InChI is InChI=1S/C15H23N5/c1-10(12-8-16-19(3)11(12)2)18-14-6-5-7-15-13(14)9-17-20(15)4/h8-10,14,18H,5-7H2,1-4H3. The summed E-state index contributed by atoms with van der Waals surface area (Å²) >= 11 is 0. The predicted molar refractivity (Wildman–Crippen MR) is 78.4 cm³/mol. The van der Waals surface area contributed by atoms with E-state index in [1.54, 1.807) is 0 Å². The highest BCUT2D eigenvalue weighted by Gasteiger charge is 2.25. The Kier molecular flexibility index (Phi) is 3.38. The molecule has 3 rings (SSSR count). The second kappa shape index (κ2) is 5.05. The van der Waals surface area contributed by atoms with E-state index in [0.717, 1.165) is 6.42 Å². The lowest BCUT2D eigenvalue weighted by molar-refractivity contribution is 0.410. The number of aromatic nitrogens is 4. The summed E-state index contributed by atoms with van der Waals surface area (Å²) in [7, 11) is 4.03. The Labute approximate surface area is 120 Å². The van der Waals surface area contributed by atoms with Crippen molar-refractivity contribution in [1.82, 2.24) is 24.9 Å². The molecule has 0 spiro atoms. The van der Waals surface area contributed by atoms with Gasteiger partial charge in [0.25, 0.3) is 0 Å². The highest BCUT2D eigenvalue weighted by molar-refractivity contribution is 5.26. The van der Waals surface area contributed by atoms with Gasteiger partial charge in [0.1, 0.15) is 0 Å². The van der Waals surface area contributed by atoms with Crippen LogP contribution in [-0.4, -0.2) is 19.6 Å². The summed E-state index contributed by atoms with van der Waals surface area (Å²) in [5.41, 5.74) is 5.26. The Balaban J connectivity index is 1.80. The van der Waals surface area contributed by atoms with Crippen LogP contribution in [0.15, 0.2) is 12.4 Å². The zero-order chi connectivity index (χ0) is 14.3. The van der Waals surface area contributed by atoms with Crippen molar-refractivity contribution in [3.63, 3.8) is 0 Å². The molecule has 2 aromatic rings. The topological polar surface area (TPSA) is 47.7 Å². The molecule has 0 saturated heterocycles. The maximum atomic E-state index is 4.41. The van der Waals surface area contributed by atoms with Crippen LogP contribution in [0.3, 0.4) is 0 Å². The van der Waals surface area contributed by atoms with E-state index in [4.69, 9.17) is 0 Å². The zero-order valence-electron chi connectivity index (χ0n) is 12.7. The number of aryl methyl sites for hydroxylation is 2. The van der Waals surface area contributed by atoms with Crippen molar-refractivity contribution in [2.24, 2.45) is 14.1 Å². The van der Waals surface area contributed by atoms with Gasteiger partial charge in [-0.2, -0.15) is 10.2 Å². The third-order valence-electron chi connectivity index (χ3n) is 4.57. The first kappa shape index (κ1) is 13.4. The Morgan fingerprint density at radius 1 is 1.25 bits per heavy atom. The fraction of sp³-hybridized carbons (Fsp3) is 0.600. The fourth-order valence-electron chi connectivity index (χ4n) is 3.21. The molecule has 2 aromatic heterocycles. The first-order valence-electron chi connectivity index (χ1n) is 7.33. The summed E-state index contributed by atoms with van der Waals surface area (Å²) in [6.45, 7) is 4.34. The lowest BCUT2D eigenvalue weighted by Gasteiger charge is -2.27. The molecular weight excluding hydrogens is 250 g/mol. The van der Waals surface area contributed by atoms with E-state index in [9.17, 15) is 0 Å². The van der Waals surface area contributed by atoms with Gasteiger partial charge in [-0.15, -0.1) is 0 Å². The molecule has 1 N–H and O–H groups in total. The second-order valence-corrected chi connectivity index (χ2v) is 5.81. The maximum Gasteiger partial charge on any atom is 0.0540 e. The van der Waals surface area contributed by atoms with Crippen molar-refractivity contribution in [3.8, 4) is 0 Å². The van der Waals surface area contributed by atoms with Gasteiger partial charge in [-0.05, 0) is 33.1 Å². The van der Waals surface area contributed by atoms with Gasteiger partial charge in [-0.25, -0.2) is 0 Å². The Hall–Kier alpha value is -1.62. The molecule has 2 heterocycles. The summed E-state index contributed by atoms with van der Waals surface area (Å²) in [5, 5.41) is 12.5. The Bertz CT molecular complexity index is 610. The quantitative estimate of drug-likeness (QED) is 0.932. The molecular formula is C15H23N5. The summed E-state index contributed by atoms with van der Waals surface area (Å²) in [6.07, 6.45) is 7.55. The van der Waals surface area contributed by atoms with Gasteiger partial charge in [0, 0.05) is 48.7 Å². The van der Waals surface area contributed by atoms with Crippen LogP contribution in [0, 0.1) is 6.92 Å². The van der Waals surface area contributed by atoms with E-state index >= 15 is 0 Å². The molecule has 108 valence electrons. The molecule has 0 bridgehead atoms. The SMILES string of the molecule is Cc1c(C(C)NC2CCCc3c2cnn3C)cnn1C. The molecule has 2 unspecified atom stereocenters. The fourth-order valence-corrected chi connectivity index (χ4v) is 3.21. The molecule has 0 aliphatic heterocycles. The first-order chi connectivity index (χ1) is 9.58. The number of rotatable bonds is 3. The summed E-state index contributed by atoms with van der Waals surface area (Å²) in [6, 6.07) is 0.710. The second-order valence-electron chi connectivity index (χ2n) is 5.81. The minimum atomic E-state index is 0.305. The maximum absolute atomic E-state index is 4.41. The molecule has 1 aliphatic rings. The number of nitrogens with zero attached hydrogens (tertiary/aromatic N) is 4. The van der Waals surface area contributed by atoms with Crippen molar-refractivity contribution < 1.29 is 0 Å². The van der Waals surface area contributed by atoms with Gasteiger partial charge in [0.15, 0.2) is 0 Å². The van der Waals surface area contributed by atoms with Gasteiger partial charge in [-0.3, -0.25) is 9.36 Å². The smallest absolute Gasteiger partial charge is 0.0540 e. The summed E-state index contributed by atoms with van der Waals surface area (Å²) < 4.78 is 3.95. The van der Waals surface area contributed by atoms with Crippen LogP contribution in [0.2, 0.25) is 0 Å². The molecule has 20 heavy (non-hydrogen) atoms. The van der Waals surface area contributed by atoms with Crippen LogP contribution >= 0.6 is 0 Å². The third-order valence-corrected chi connectivity index (χ3v) is 4.57. The molecule has 1 aliphatic carbocycles. The van der Waals surface area contributed by atoms with Crippen LogP contribution in [0.1, 0.15) is 54.4 Å². The van der Waals surface area contributed by atoms with Crippen molar-refractivity contribution in [1.29, 1.82) is 0 Å². The van der Waals surface area contributed by atoms with Crippen LogP contribution in [0.4, 0.5) is 0 Å². The molecule has 0 radical (unpaired) electrons. The van der Waals surface area contributed by atoms with Gasteiger partial charge in [0.2, 0.25) is 0 Å². The van der Waals surface area contributed by atoms with Crippen LogP contribution < -0.4 is 5.32 Å². The highest BCUT2D eigenvalue weighted by atomic mass is 15.3. The van der Waals surface area contributed by atoms with E-state index in [0.29, 0.717) is 12.1 Å². The number of nitrogens with one attached hydrogen (secondary N) is 1. The van der Waals surface area contributed by atoms with Gasteiger partial charge < -0.3 is 5.32 Å². The zero-order valence-corrected chi connectivity index (χ0v) is 12.7. The molecule has 5 nitrogen and oxygen atoms in total. The molecule has 5 heteroatoms. The van der Waals surface area contributed by atoms with E-state index < -0.39 is 0 Å². The van der Waals surface area contributed by atoms with Crippen molar-refractivity contribution in [2.75, 3.05) is 0 Å². The molecule has 0 amide bonds. The van der Waals surface area contributed by atoms with E-state index in [1.165, 1.54) is 35.4 Å². The summed E-state index contributed by atoms with van der Waals surface area (Å²) in [5.74, 6) is 0. The third kappa shape index (κ3) is 2.16.